The smallest absolute Gasteiger partial charge is 0.387 e. The monoisotopic (exact) mass is 286 g/mol. The molecule has 0 saturated heterocycles. The van der Waals surface area contributed by atoms with Gasteiger partial charge in [0.15, 0.2) is 0 Å². The van der Waals surface area contributed by atoms with Gasteiger partial charge in [0.2, 0.25) is 5.95 Å². The summed E-state index contributed by atoms with van der Waals surface area (Å²) in [5.74, 6) is 0.246. The minimum absolute atomic E-state index is 0.00851. The normalized spacial score (nSPS) is 10.5. The van der Waals surface area contributed by atoms with Crippen LogP contribution in [-0.2, 0) is 0 Å². The highest BCUT2D eigenvalue weighted by molar-refractivity contribution is 6.29. The summed E-state index contributed by atoms with van der Waals surface area (Å²) in [6, 6.07) is 7.61. The molecule has 1 aromatic carbocycles. The first-order valence-corrected chi connectivity index (χ1v) is 5.53. The van der Waals surface area contributed by atoms with Crippen molar-refractivity contribution in [2.75, 3.05) is 11.1 Å². The zero-order valence-electron chi connectivity index (χ0n) is 9.48. The number of hydrogen-bond donors (Lipinski definition) is 2. The molecule has 2 rings (SSSR count). The van der Waals surface area contributed by atoms with Gasteiger partial charge in [0.25, 0.3) is 0 Å². The molecule has 5 nitrogen and oxygen atoms in total. The predicted octanol–water partition coefficient (Wildman–Crippen LogP) is 3.06. The number of nitrogens with two attached hydrogens (primary N) is 1. The second-order valence-electron chi connectivity index (χ2n) is 3.43. The predicted molar refractivity (Wildman–Crippen MR) is 67.8 cm³/mol. The minimum atomic E-state index is -2.91. The molecule has 0 fully saturated rings. The van der Waals surface area contributed by atoms with Gasteiger partial charge in [-0.05, 0) is 12.1 Å². The van der Waals surface area contributed by atoms with Gasteiger partial charge in [-0.2, -0.15) is 13.8 Å². The Morgan fingerprint density at radius 3 is 2.68 bits per heavy atom. The summed E-state index contributed by atoms with van der Waals surface area (Å²) in [5, 5.41) is 2.93. The average Bonchev–Trinajstić information content (AvgIpc) is 2.29. The molecule has 19 heavy (non-hydrogen) atoms. The van der Waals surface area contributed by atoms with E-state index in [0.29, 0.717) is 5.69 Å². The van der Waals surface area contributed by atoms with Gasteiger partial charge in [-0.15, -0.1) is 0 Å². The summed E-state index contributed by atoms with van der Waals surface area (Å²) in [4.78, 5) is 7.57. The molecular weight excluding hydrogens is 278 g/mol. The van der Waals surface area contributed by atoms with Crippen molar-refractivity contribution in [3.05, 3.63) is 35.5 Å². The van der Waals surface area contributed by atoms with Crippen molar-refractivity contribution in [1.82, 2.24) is 9.97 Å². The van der Waals surface area contributed by atoms with Crippen LogP contribution in [0.25, 0.3) is 0 Å². The third kappa shape index (κ3) is 3.65. The Morgan fingerprint density at radius 1 is 1.26 bits per heavy atom. The number of hydrogen-bond acceptors (Lipinski definition) is 5. The molecule has 0 unspecified atom stereocenters. The van der Waals surface area contributed by atoms with Crippen LogP contribution in [0.15, 0.2) is 30.3 Å². The van der Waals surface area contributed by atoms with E-state index in [1.807, 2.05) is 0 Å². The van der Waals surface area contributed by atoms with Gasteiger partial charge in [0.05, 0.1) is 5.69 Å². The van der Waals surface area contributed by atoms with Crippen LogP contribution in [0.1, 0.15) is 0 Å². The first kappa shape index (κ1) is 13.3. The van der Waals surface area contributed by atoms with Gasteiger partial charge >= 0.3 is 6.61 Å². The van der Waals surface area contributed by atoms with Crippen molar-refractivity contribution in [2.24, 2.45) is 0 Å². The number of alkyl halides is 2. The Morgan fingerprint density at radius 2 is 2.00 bits per heavy atom. The number of ether oxygens (including phenoxy) is 1. The summed E-state index contributed by atoms with van der Waals surface area (Å²) in [5.41, 5.74) is 5.75. The maximum absolute atomic E-state index is 12.3. The highest BCUT2D eigenvalue weighted by Crippen LogP contribution is 2.28. The van der Waals surface area contributed by atoms with Crippen LogP contribution >= 0.6 is 11.6 Å². The molecular formula is C11H9ClF2N4O. The molecule has 0 amide bonds. The number of nitrogens with zero attached hydrogens (tertiary/aromatic N) is 2. The zero-order chi connectivity index (χ0) is 13.8. The van der Waals surface area contributed by atoms with Crippen molar-refractivity contribution >= 4 is 29.1 Å². The van der Waals surface area contributed by atoms with Gasteiger partial charge in [-0.25, -0.2) is 4.98 Å². The van der Waals surface area contributed by atoms with E-state index >= 15 is 0 Å². The summed E-state index contributed by atoms with van der Waals surface area (Å²) in [6.45, 7) is -2.91. The molecule has 0 saturated carbocycles. The molecule has 1 aromatic heterocycles. The fourth-order valence-electron chi connectivity index (χ4n) is 1.41. The van der Waals surface area contributed by atoms with Gasteiger partial charge in [-0.3, -0.25) is 0 Å². The van der Waals surface area contributed by atoms with E-state index in [9.17, 15) is 8.78 Å². The lowest BCUT2D eigenvalue weighted by molar-refractivity contribution is -0.0493. The number of halogens is 3. The van der Waals surface area contributed by atoms with Crippen molar-refractivity contribution in [3.63, 3.8) is 0 Å². The van der Waals surface area contributed by atoms with Crippen LogP contribution in [0.3, 0.4) is 0 Å². The van der Waals surface area contributed by atoms with E-state index in [-0.39, 0.29) is 22.7 Å². The molecule has 0 aliphatic rings. The Kier molecular flexibility index (Phi) is 3.96. The van der Waals surface area contributed by atoms with E-state index in [1.54, 1.807) is 18.2 Å². The SMILES string of the molecule is Nc1nc(Cl)cc(Nc2ccccc2OC(F)F)n1. The van der Waals surface area contributed by atoms with E-state index in [1.165, 1.54) is 12.1 Å². The third-order valence-electron chi connectivity index (χ3n) is 2.08. The number of benzene rings is 1. The molecule has 2 aromatic rings. The number of nitrogens with one attached hydrogen (secondary N) is 1. The molecule has 0 aliphatic heterocycles. The molecule has 100 valence electrons. The fourth-order valence-corrected chi connectivity index (χ4v) is 1.60. The molecule has 0 aliphatic carbocycles. The van der Waals surface area contributed by atoms with Gasteiger partial charge in [0.1, 0.15) is 16.7 Å². The average molecular weight is 287 g/mol. The van der Waals surface area contributed by atoms with Gasteiger partial charge in [-0.1, -0.05) is 23.7 Å². The lowest BCUT2D eigenvalue weighted by Gasteiger charge is -2.12. The fraction of sp³-hybridized carbons (Fsp3) is 0.0909. The van der Waals surface area contributed by atoms with E-state index in [2.05, 4.69) is 20.0 Å². The first-order chi connectivity index (χ1) is 9.04. The van der Waals surface area contributed by atoms with E-state index in [0.717, 1.165) is 0 Å². The Hall–Kier alpha value is -2.15. The van der Waals surface area contributed by atoms with Crippen molar-refractivity contribution in [3.8, 4) is 5.75 Å². The standard InChI is InChI=1S/C11H9ClF2N4O/c12-8-5-9(18-11(15)17-8)16-6-3-1-2-4-7(6)19-10(13)14/h1-5,10H,(H3,15,16,17,18). The number of anilines is 3. The van der Waals surface area contributed by atoms with E-state index in [4.69, 9.17) is 17.3 Å². The van der Waals surface area contributed by atoms with Crippen molar-refractivity contribution < 1.29 is 13.5 Å². The maximum Gasteiger partial charge on any atom is 0.387 e. The molecule has 1 heterocycles. The largest absolute Gasteiger partial charge is 0.433 e. The van der Waals surface area contributed by atoms with Crippen LogP contribution < -0.4 is 15.8 Å². The van der Waals surface area contributed by atoms with Gasteiger partial charge < -0.3 is 15.8 Å². The van der Waals surface area contributed by atoms with Crippen LogP contribution in [0.4, 0.5) is 26.2 Å². The highest BCUT2D eigenvalue weighted by atomic mass is 35.5. The lowest BCUT2D eigenvalue weighted by atomic mass is 10.3. The second kappa shape index (κ2) is 5.66. The minimum Gasteiger partial charge on any atom is -0.433 e. The number of aromatic nitrogens is 2. The molecule has 0 radical (unpaired) electrons. The molecule has 3 N–H and O–H groups in total. The van der Waals surface area contributed by atoms with E-state index < -0.39 is 6.61 Å². The summed E-state index contributed by atoms with van der Waals surface area (Å²) >= 11 is 5.72. The van der Waals surface area contributed by atoms with Crippen molar-refractivity contribution in [1.29, 1.82) is 0 Å². The molecule has 0 atom stereocenters. The Balaban J connectivity index is 2.27. The zero-order valence-corrected chi connectivity index (χ0v) is 10.2. The summed E-state index contributed by atoms with van der Waals surface area (Å²) < 4.78 is 28.9. The lowest BCUT2D eigenvalue weighted by Crippen LogP contribution is -2.05. The number of nitrogen functional groups attached to an aromatic ring is 1. The maximum atomic E-state index is 12.3. The Labute approximate surface area is 112 Å². The Bertz CT molecular complexity index is 562. The van der Waals surface area contributed by atoms with Crippen LogP contribution in [0.5, 0.6) is 5.75 Å². The summed E-state index contributed by atoms with van der Waals surface area (Å²) in [6.07, 6.45) is 0. The number of rotatable bonds is 4. The molecule has 8 heteroatoms. The quantitative estimate of drug-likeness (QED) is 0.845. The van der Waals surface area contributed by atoms with Crippen LogP contribution in [-0.4, -0.2) is 16.6 Å². The molecule has 0 spiro atoms. The third-order valence-corrected chi connectivity index (χ3v) is 2.27. The first-order valence-electron chi connectivity index (χ1n) is 5.15. The van der Waals surface area contributed by atoms with Crippen LogP contribution in [0.2, 0.25) is 5.15 Å². The summed E-state index contributed by atoms with van der Waals surface area (Å²) in [7, 11) is 0. The van der Waals surface area contributed by atoms with Crippen LogP contribution in [0, 0.1) is 0 Å². The number of para-hydroxylation sites is 2. The van der Waals surface area contributed by atoms with Crippen molar-refractivity contribution in [2.45, 2.75) is 6.61 Å². The highest BCUT2D eigenvalue weighted by Gasteiger charge is 2.10. The second-order valence-corrected chi connectivity index (χ2v) is 3.82. The molecule has 0 bridgehead atoms. The van der Waals surface area contributed by atoms with Gasteiger partial charge in [0, 0.05) is 6.07 Å². The topological polar surface area (TPSA) is 73.1 Å².